The third kappa shape index (κ3) is 3.84. The van der Waals surface area contributed by atoms with Crippen molar-refractivity contribution in [2.45, 2.75) is 31.5 Å². The van der Waals surface area contributed by atoms with Crippen molar-refractivity contribution >= 4 is 20.2 Å². The standard InChI is InChI=1S/C12H16N2O9S2/c1-6-4-14-11-9(22-12(14)13-10(6)15)8(23-25(3,18)19)7(21-11)5-20-24(2,16)17/h4,7-9,11H,5H2,1-3H3/t7-,8-,9+,11-/m1/s1/i11+2. The van der Waals surface area contributed by atoms with Crippen LogP contribution in [0.4, 0.5) is 0 Å². The summed E-state index contributed by atoms with van der Waals surface area (Å²) in [5.74, 6) is 0. The molecular formula is C12H16N2O9S2. The van der Waals surface area contributed by atoms with Crippen molar-refractivity contribution in [2.75, 3.05) is 19.1 Å². The van der Waals surface area contributed by atoms with Crippen LogP contribution in [0.5, 0.6) is 6.01 Å². The van der Waals surface area contributed by atoms with E-state index < -0.39 is 56.9 Å². The van der Waals surface area contributed by atoms with E-state index in [0.717, 1.165) is 12.5 Å². The van der Waals surface area contributed by atoms with E-state index in [1.165, 1.54) is 10.8 Å². The largest absolute Gasteiger partial charge is 0.453 e. The summed E-state index contributed by atoms with van der Waals surface area (Å²) in [5.41, 5.74) is -0.142. The first kappa shape index (κ1) is 18.3. The number of aromatic nitrogens is 2. The van der Waals surface area contributed by atoms with Crippen LogP contribution in [-0.4, -0.2) is 63.8 Å². The van der Waals surface area contributed by atoms with Gasteiger partial charge in [0.05, 0.1) is 19.1 Å². The molecule has 0 unspecified atom stereocenters. The van der Waals surface area contributed by atoms with Crippen molar-refractivity contribution in [2.24, 2.45) is 0 Å². The number of nitrogens with zero attached hydrogens (tertiary/aromatic N) is 2. The predicted octanol–water partition coefficient (Wildman–Crippen LogP) is -1.47. The van der Waals surface area contributed by atoms with Gasteiger partial charge >= 0.3 is 6.01 Å². The fourth-order valence-electron chi connectivity index (χ4n) is 2.64. The zero-order valence-electron chi connectivity index (χ0n) is 13.5. The molecule has 0 radical (unpaired) electrons. The summed E-state index contributed by atoms with van der Waals surface area (Å²) in [6, 6.07) is -0.0322. The van der Waals surface area contributed by atoms with Gasteiger partial charge in [-0.25, -0.2) is 0 Å². The Labute approximate surface area is 143 Å². The number of fused-ring (bicyclic) bond motifs is 3. The Kier molecular flexibility index (Phi) is 4.39. The second-order valence-electron chi connectivity index (χ2n) is 5.82. The Morgan fingerprint density at radius 3 is 2.56 bits per heavy atom. The van der Waals surface area contributed by atoms with Gasteiger partial charge in [-0.05, 0) is 6.92 Å². The lowest BCUT2D eigenvalue weighted by Crippen LogP contribution is -2.40. The molecule has 0 spiro atoms. The van der Waals surface area contributed by atoms with Gasteiger partial charge in [-0.1, -0.05) is 0 Å². The first-order valence-electron chi connectivity index (χ1n) is 7.09. The highest BCUT2D eigenvalue weighted by molar-refractivity contribution is 7.86. The highest BCUT2D eigenvalue weighted by Crippen LogP contribution is 2.41. The lowest BCUT2D eigenvalue weighted by Gasteiger charge is -2.20. The van der Waals surface area contributed by atoms with E-state index in [1.54, 1.807) is 6.92 Å². The zero-order valence-corrected chi connectivity index (χ0v) is 15.1. The van der Waals surface area contributed by atoms with Crippen LogP contribution in [0.15, 0.2) is 11.0 Å². The molecule has 1 aromatic rings. The van der Waals surface area contributed by atoms with Crippen LogP contribution >= 0.6 is 0 Å². The van der Waals surface area contributed by atoms with Gasteiger partial charge in [-0.2, -0.15) is 21.8 Å². The van der Waals surface area contributed by atoms with Gasteiger partial charge in [0.1, 0.15) is 12.2 Å². The smallest absolute Gasteiger partial charge is 0.302 e. The molecule has 140 valence electrons. The molecule has 13 heteroatoms. The van der Waals surface area contributed by atoms with E-state index in [2.05, 4.69) is 4.98 Å². The van der Waals surface area contributed by atoms with Crippen LogP contribution in [0, 0.1) is 6.92 Å². The Morgan fingerprint density at radius 1 is 1.28 bits per heavy atom. The van der Waals surface area contributed by atoms with E-state index in [1.807, 2.05) is 0 Å². The first-order valence-corrected chi connectivity index (χ1v) is 10.7. The summed E-state index contributed by atoms with van der Waals surface area (Å²) in [7, 11) is -7.65. The molecule has 11 nitrogen and oxygen atoms in total. The van der Waals surface area contributed by atoms with Gasteiger partial charge in [0.15, 0.2) is 12.3 Å². The Bertz CT molecular complexity index is 953. The van der Waals surface area contributed by atoms with Crippen molar-refractivity contribution in [3.8, 4) is 6.01 Å². The summed E-state index contributed by atoms with van der Waals surface area (Å²) in [5, 5.41) is 0. The van der Waals surface area contributed by atoms with Gasteiger partial charge in [-0.15, -0.1) is 0 Å². The average Bonchev–Trinajstić information content (AvgIpc) is 2.93. The molecule has 1 fully saturated rings. The Hall–Kier alpha value is -1.54. The van der Waals surface area contributed by atoms with Crippen LogP contribution in [0.1, 0.15) is 11.8 Å². The molecule has 25 heavy (non-hydrogen) atoms. The lowest BCUT2D eigenvalue weighted by molar-refractivity contribution is -0.0323. The van der Waals surface area contributed by atoms with Crippen molar-refractivity contribution in [1.29, 1.82) is 0 Å². The van der Waals surface area contributed by atoms with Crippen LogP contribution in [0.2, 0.25) is 0 Å². The minimum atomic E-state index is -3.89. The maximum atomic E-state index is 11.6. The highest BCUT2D eigenvalue weighted by Gasteiger charge is 2.54. The number of aryl methyl sites for hydroxylation is 1. The number of hydrogen-bond donors (Lipinski definition) is 0. The third-order valence-electron chi connectivity index (χ3n) is 3.62. The maximum Gasteiger partial charge on any atom is 0.302 e. The van der Waals surface area contributed by atoms with E-state index >= 15 is 0 Å². The summed E-state index contributed by atoms with van der Waals surface area (Å²) in [6.07, 6.45) is -0.780. The second kappa shape index (κ2) is 6.02. The number of ether oxygens (including phenoxy) is 2. The fourth-order valence-corrected chi connectivity index (χ4v) is 3.66. The predicted molar refractivity (Wildman–Crippen MR) is 82.1 cm³/mol. The minimum absolute atomic E-state index is 0.0322. The Balaban J connectivity index is 1.92. The topological polar surface area (TPSA) is 140 Å². The normalized spacial score (nSPS) is 28.4. The molecule has 4 atom stereocenters. The van der Waals surface area contributed by atoms with E-state index in [0.29, 0.717) is 5.56 Å². The van der Waals surface area contributed by atoms with E-state index in [4.69, 9.17) is 17.8 Å². The second-order valence-corrected chi connectivity index (χ2v) is 9.06. The molecule has 0 aliphatic carbocycles. The summed E-state index contributed by atoms with van der Waals surface area (Å²) >= 11 is 0. The quantitative estimate of drug-likeness (QED) is 0.540. The molecule has 2 aliphatic rings. The molecule has 0 amide bonds. The van der Waals surface area contributed by atoms with E-state index in [9.17, 15) is 21.6 Å². The number of rotatable bonds is 5. The Morgan fingerprint density at radius 2 is 1.96 bits per heavy atom. The van der Waals surface area contributed by atoms with Gasteiger partial charge in [0, 0.05) is 11.8 Å². The third-order valence-corrected chi connectivity index (χ3v) is 4.76. The summed E-state index contributed by atoms with van der Waals surface area (Å²) in [4.78, 5) is 15.4. The monoisotopic (exact) mass is 398 g/mol. The zero-order chi connectivity index (χ0) is 18.6. The average molecular weight is 398 g/mol. The first-order chi connectivity index (χ1) is 11.4. The van der Waals surface area contributed by atoms with Gasteiger partial charge in [0.2, 0.25) is 0 Å². The van der Waals surface area contributed by atoms with Gasteiger partial charge in [-0.3, -0.25) is 17.7 Å². The SMILES string of the molecule is Cc1cn2c(nc1=O)O[C@H]1[C@H](OS(C)(=O)=O)[C@@H](COS(C)(=O)=O)O[14C@H]12. The van der Waals surface area contributed by atoms with Crippen molar-refractivity contribution < 1.29 is 34.7 Å². The molecule has 3 heterocycles. The van der Waals surface area contributed by atoms with Crippen molar-refractivity contribution in [3.63, 3.8) is 0 Å². The molecule has 0 N–H and O–H groups in total. The van der Waals surface area contributed by atoms with Crippen LogP contribution in [-0.2, 0) is 33.3 Å². The van der Waals surface area contributed by atoms with Gasteiger partial charge < -0.3 is 9.47 Å². The molecule has 1 saturated heterocycles. The summed E-state index contributed by atoms with van der Waals surface area (Å²) < 4.78 is 67.8. The highest BCUT2D eigenvalue weighted by atomic mass is 32.2. The minimum Gasteiger partial charge on any atom is -0.453 e. The van der Waals surface area contributed by atoms with Gasteiger partial charge in [0.25, 0.3) is 25.8 Å². The van der Waals surface area contributed by atoms with Crippen LogP contribution in [0.25, 0.3) is 0 Å². The van der Waals surface area contributed by atoms with E-state index in [-0.39, 0.29) is 6.01 Å². The molecule has 0 saturated carbocycles. The molecule has 0 bridgehead atoms. The number of hydrogen-bond acceptors (Lipinski definition) is 10. The lowest BCUT2D eigenvalue weighted by atomic mass is 10.2. The molecule has 1 aromatic heterocycles. The maximum absolute atomic E-state index is 11.6. The van der Waals surface area contributed by atoms with Crippen LogP contribution < -0.4 is 10.3 Å². The fraction of sp³-hybridized carbons (Fsp3) is 0.667. The summed E-state index contributed by atoms with van der Waals surface area (Å²) in [6.45, 7) is 1.11. The molecule has 2 aliphatic heterocycles. The van der Waals surface area contributed by atoms with Crippen molar-refractivity contribution in [1.82, 2.24) is 9.55 Å². The van der Waals surface area contributed by atoms with Crippen molar-refractivity contribution in [3.05, 3.63) is 22.1 Å². The van der Waals surface area contributed by atoms with Crippen LogP contribution in [0.3, 0.4) is 0 Å². The molecule has 0 aromatic carbocycles. The molecule has 3 rings (SSSR count). The molecular weight excluding hydrogens is 382 g/mol.